The number of hydrogen-bond acceptors (Lipinski definition) is 4. The van der Waals surface area contributed by atoms with E-state index in [0.717, 1.165) is 27.8 Å². The monoisotopic (exact) mass is 350 g/mol. The van der Waals surface area contributed by atoms with E-state index in [1.54, 1.807) is 0 Å². The van der Waals surface area contributed by atoms with E-state index in [9.17, 15) is 0 Å². The number of aliphatic hydroxyl groups excluding tert-OH is 2. The van der Waals surface area contributed by atoms with E-state index in [0.29, 0.717) is 13.1 Å². The second kappa shape index (κ2) is 8.56. The van der Waals surface area contributed by atoms with E-state index in [1.807, 2.05) is 60.8 Å². The molecule has 0 radical (unpaired) electrons. The largest absolute Gasteiger partial charge is 0.395 e. The third-order valence-corrected chi connectivity index (χ3v) is 4.38. The van der Waals surface area contributed by atoms with Gasteiger partial charge in [0.15, 0.2) is 6.20 Å². The van der Waals surface area contributed by atoms with Crippen LogP contribution in [0.5, 0.6) is 0 Å². The van der Waals surface area contributed by atoms with Crippen LogP contribution in [-0.4, -0.2) is 42.7 Å². The van der Waals surface area contributed by atoms with Crippen LogP contribution in [0.1, 0.15) is 5.56 Å². The Labute approximate surface area is 153 Å². The molecule has 26 heavy (non-hydrogen) atoms. The van der Waals surface area contributed by atoms with Crippen molar-refractivity contribution in [2.45, 2.75) is 0 Å². The molecule has 1 aromatic heterocycles. The van der Waals surface area contributed by atoms with Gasteiger partial charge in [-0.3, -0.25) is 4.99 Å². The Balaban J connectivity index is 1.82. The lowest BCUT2D eigenvalue weighted by Crippen LogP contribution is -2.29. The first-order valence-corrected chi connectivity index (χ1v) is 8.71. The molecule has 0 aliphatic rings. The number of fused-ring (bicyclic) bond motifs is 1. The van der Waals surface area contributed by atoms with Crippen molar-refractivity contribution in [3.63, 3.8) is 0 Å². The van der Waals surface area contributed by atoms with Crippen molar-refractivity contribution in [3.05, 3.63) is 66.4 Å². The van der Waals surface area contributed by atoms with Gasteiger partial charge in [-0.1, -0.05) is 12.1 Å². The zero-order chi connectivity index (χ0) is 18.4. The fourth-order valence-electron chi connectivity index (χ4n) is 3.01. The molecular weight excluding hydrogens is 326 g/mol. The standard InChI is InChI=1S/C21H24N3O2/c1-23-11-10-17(20-4-2-3-5-21(20)23)16-22-18-6-8-19(9-7-18)24(12-14-25)13-15-26/h2-11,16,25-26H,12-15H2,1H3/q+1. The summed E-state index contributed by atoms with van der Waals surface area (Å²) in [6, 6.07) is 18.1. The van der Waals surface area contributed by atoms with E-state index >= 15 is 0 Å². The van der Waals surface area contributed by atoms with Crippen molar-refractivity contribution in [1.29, 1.82) is 0 Å². The second-order valence-electron chi connectivity index (χ2n) is 6.11. The third-order valence-electron chi connectivity index (χ3n) is 4.38. The number of aryl methyl sites for hydroxylation is 1. The summed E-state index contributed by atoms with van der Waals surface area (Å²) in [5, 5.41) is 19.5. The zero-order valence-electron chi connectivity index (χ0n) is 14.9. The molecule has 2 aromatic carbocycles. The van der Waals surface area contributed by atoms with Crippen LogP contribution in [0.2, 0.25) is 0 Å². The number of nitrogens with zero attached hydrogens (tertiary/aromatic N) is 3. The molecular formula is C21H24N3O2+. The summed E-state index contributed by atoms with van der Waals surface area (Å²) in [5.41, 5.74) is 4.06. The number of aliphatic imine (C=N–C) groups is 1. The first-order chi connectivity index (χ1) is 12.7. The number of pyridine rings is 1. The van der Waals surface area contributed by atoms with Gasteiger partial charge in [0.1, 0.15) is 7.05 Å². The molecule has 3 rings (SSSR count). The van der Waals surface area contributed by atoms with Crippen molar-refractivity contribution in [2.75, 3.05) is 31.2 Å². The smallest absolute Gasteiger partial charge is 0.212 e. The number of hydrogen-bond donors (Lipinski definition) is 2. The summed E-state index contributed by atoms with van der Waals surface area (Å²) in [4.78, 5) is 6.54. The van der Waals surface area contributed by atoms with Crippen LogP contribution in [0.3, 0.4) is 0 Å². The SMILES string of the molecule is C[n+]1ccc(C=Nc2ccc(N(CCO)CCO)cc2)c2ccccc21. The topological polar surface area (TPSA) is 59.9 Å². The molecule has 0 aliphatic carbocycles. The Morgan fingerprint density at radius 3 is 2.35 bits per heavy atom. The van der Waals surface area contributed by atoms with Gasteiger partial charge >= 0.3 is 0 Å². The molecule has 0 amide bonds. The van der Waals surface area contributed by atoms with Crippen molar-refractivity contribution >= 4 is 28.5 Å². The summed E-state index contributed by atoms with van der Waals surface area (Å²) in [7, 11) is 2.03. The van der Waals surface area contributed by atoms with Crippen molar-refractivity contribution in [1.82, 2.24) is 0 Å². The lowest BCUT2D eigenvalue weighted by molar-refractivity contribution is -0.644. The van der Waals surface area contributed by atoms with E-state index < -0.39 is 0 Å². The maximum Gasteiger partial charge on any atom is 0.212 e. The Morgan fingerprint density at radius 2 is 1.65 bits per heavy atom. The first kappa shape index (κ1) is 18.0. The van der Waals surface area contributed by atoms with E-state index in [-0.39, 0.29) is 13.2 Å². The number of benzene rings is 2. The van der Waals surface area contributed by atoms with Gasteiger partial charge in [0.2, 0.25) is 5.52 Å². The van der Waals surface area contributed by atoms with Crippen LogP contribution in [0.25, 0.3) is 10.9 Å². The van der Waals surface area contributed by atoms with E-state index in [1.165, 1.54) is 0 Å². The summed E-state index contributed by atoms with van der Waals surface area (Å²) in [6.45, 7) is 1.10. The zero-order valence-corrected chi connectivity index (χ0v) is 14.9. The molecule has 0 spiro atoms. The molecule has 2 N–H and O–H groups in total. The van der Waals surface area contributed by atoms with Crippen LogP contribution in [0, 0.1) is 0 Å². The number of para-hydroxylation sites is 1. The lowest BCUT2D eigenvalue weighted by Gasteiger charge is -2.22. The van der Waals surface area contributed by atoms with Gasteiger partial charge in [-0.15, -0.1) is 0 Å². The van der Waals surface area contributed by atoms with E-state index in [4.69, 9.17) is 10.2 Å². The third kappa shape index (κ3) is 4.07. The minimum absolute atomic E-state index is 0.0540. The minimum Gasteiger partial charge on any atom is -0.395 e. The summed E-state index contributed by atoms with van der Waals surface area (Å²) < 4.78 is 2.10. The van der Waals surface area contributed by atoms with Crippen LogP contribution < -0.4 is 9.47 Å². The number of aliphatic hydroxyl groups is 2. The van der Waals surface area contributed by atoms with Crippen LogP contribution in [0.15, 0.2) is 65.8 Å². The molecule has 0 bridgehead atoms. The molecule has 0 unspecified atom stereocenters. The average molecular weight is 350 g/mol. The summed E-state index contributed by atoms with van der Waals surface area (Å²) >= 11 is 0. The highest BCUT2D eigenvalue weighted by molar-refractivity contribution is 5.97. The van der Waals surface area contributed by atoms with Gasteiger partial charge in [-0.05, 0) is 30.3 Å². The van der Waals surface area contributed by atoms with Gasteiger partial charge in [0.25, 0.3) is 0 Å². The van der Waals surface area contributed by atoms with Gasteiger partial charge in [-0.2, -0.15) is 0 Å². The van der Waals surface area contributed by atoms with Gasteiger partial charge in [0.05, 0.1) is 24.3 Å². The number of anilines is 1. The van der Waals surface area contributed by atoms with Gasteiger partial charge < -0.3 is 15.1 Å². The normalized spacial score (nSPS) is 11.3. The van der Waals surface area contributed by atoms with Crippen molar-refractivity contribution < 1.29 is 14.8 Å². The maximum absolute atomic E-state index is 9.15. The van der Waals surface area contributed by atoms with Crippen LogP contribution in [-0.2, 0) is 7.05 Å². The quantitative estimate of drug-likeness (QED) is 0.507. The van der Waals surface area contributed by atoms with Crippen LogP contribution in [0.4, 0.5) is 11.4 Å². The first-order valence-electron chi connectivity index (χ1n) is 8.71. The molecule has 0 aliphatic heterocycles. The molecule has 134 valence electrons. The molecule has 1 heterocycles. The fraction of sp³-hybridized carbons (Fsp3) is 0.238. The van der Waals surface area contributed by atoms with Gasteiger partial charge in [0, 0.05) is 42.7 Å². The number of aromatic nitrogens is 1. The fourth-order valence-corrected chi connectivity index (χ4v) is 3.01. The van der Waals surface area contributed by atoms with Crippen LogP contribution >= 0.6 is 0 Å². The molecule has 0 saturated carbocycles. The average Bonchev–Trinajstić information content (AvgIpc) is 2.68. The highest BCUT2D eigenvalue weighted by Gasteiger charge is 2.07. The lowest BCUT2D eigenvalue weighted by atomic mass is 10.1. The summed E-state index contributed by atoms with van der Waals surface area (Å²) in [5.74, 6) is 0. The molecule has 5 heteroatoms. The Kier molecular flexibility index (Phi) is 5.94. The maximum atomic E-state index is 9.15. The van der Waals surface area contributed by atoms with Crippen molar-refractivity contribution in [3.8, 4) is 0 Å². The predicted molar refractivity (Wildman–Crippen MR) is 105 cm³/mol. The molecule has 0 fully saturated rings. The predicted octanol–water partition coefficient (Wildman–Crippen LogP) is 2.21. The highest BCUT2D eigenvalue weighted by atomic mass is 16.3. The number of rotatable bonds is 7. The van der Waals surface area contributed by atoms with Gasteiger partial charge in [-0.25, -0.2) is 4.57 Å². The van der Waals surface area contributed by atoms with Crippen molar-refractivity contribution in [2.24, 2.45) is 12.0 Å². The summed E-state index contributed by atoms with van der Waals surface area (Å²) in [6.07, 6.45) is 3.92. The molecule has 0 saturated heterocycles. The Morgan fingerprint density at radius 1 is 0.962 bits per heavy atom. The minimum atomic E-state index is 0.0540. The molecule has 5 nitrogen and oxygen atoms in total. The highest BCUT2D eigenvalue weighted by Crippen LogP contribution is 2.20. The molecule has 3 aromatic rings. The Hall–Kier alpha value is -2.76. The molecule has 0 atom stereocenters. The second-order valence-corrected chi connectivity index (χ2v) is 6.11. The van der Waals surface area contributed by atoms with E-state index in [2.05, 4.69) is 27.8 Å². The Bertz CT molecular complexity index is 885.